The minimum Gasteiger partial charge on any atom is -0.368 e. The van der Waals surface area contributed by atoms with Crippen LogP contribution in [0.4, 0.5) is 5.69 Å². The van der Waals surface area contributed by atoms with Crippen LogP contribution in [-0.4, -0.2) is 53.8 Å². The molecule has 2 fully saturated rings. The monoisotopic (exact) mass is 377 g/mol. The Balaban J connectivity index is 1.28. The Labute approximate surface area is 166 Å². The molecule has 0 radical (unpaired) electrons. The second kappa shape index (κ2) is 6.90. The lowest BCUT2D eigenvalue weighted by Gasteiger charge is -2.36. The molecule has 1 aliphatic carbocycles. The van der Waals surface area contributed by atoms with Gasteiger partial charge in [0.15, 0.2) is 0 Å². The highest BCUT2D eigenvalue weighted by molar-refractivity contribution is 5.94. The number of amides is 1. The minimum atomic E-state index is 0.123. The Morgan fingerprint density at radius 1 is 0.964 bits per heavy atom. The number of carbonyl (C=O) groups excluding carboxylic acids is 1. The van der Waals surface area contributed by atoms with Gasteiger partial charge in [-0.3, -0.25) is 4.79 Å². The normalized spacial score (nSPS) is 24.4. The summed E-state index contributed by atoms with van der Waals surface area (Å²) in [5.41, 5.74) is 5.86. The number of hydrogen-bond acceptors (Lipinski definition) is 4. The molecule has 0 saturated carbocycles. The van der Waals surface area contributed by atoms with E-state index in [2.05, 4.69) is 23.1 Å². The number of rotatable bonds is 2. The van der Waals surface area contributed by atoms with E-state index in [1.165, 1.54) is 27.4 Å². The van der Waals surface area contributed by atoms with E-state index in [9.17, 15) is 10.0 Å². The summed E-state index contributed by atoms with van der Waals surface area (Å²) >= 11 is 0. The molecule has 1 N–H and O–H groups in total. The summed E-state index contributed by atoms with van der Waals surface area (Å²) in [5, 5.41) is 11.8. The molecule has 3 aliphatic rings. The van der Waals surface area contributed by atoms with Crippen molar-refractivity contribution in [3.05, 3.63) is 64.7 Å². The molecule has 5 nitrogen and oxygen atoms in total. The van der Waals surface area contributed by atoms with Gasteiger partial charge in [-0.25, -0.2) is 0 Å². The summed E-state index contributed by atoms with van der Waals surface area (Å²) < 4.78 is 0. The first-order valence-corrected chi connectivity index (χ1v) is 10.3. The molecule has 2 unspecified atom stereocenters. The van der Waals surface area contributed by atoms with E-state index >= 15 is 0 Å². The number of hydroxylamine groups is 2. The lowest BCUT2D eigenvalue weighted by Crippen LogP contribution is -2.48. The van der Waals surface area contributed by atoms with E-state index in [0.717, 1.165) is 51.1 Å². The molecular weight excluding hydrogens is 350 g/mol. The molecule has 2 aromatic rings. The summed E-state index contributed by atoms with van der Waals surface area (Å²) in [6.45, 7) is 5.96. The van der Waals surface area contributed by atoms with Gasteiger partial charge < -0.3 is 15.0 Å². The number of carbonyl (C=O) groups is 1. The second-order valence-electron chi connectivity index (χ2n) is 8.36. The first-order valence-electron chi connectivity index (χ1n) is 10.3. The third-order valence-corrected chi connectivity index (χ3v) is 6.67. The van der Waals surface area contributed by atoms with Crippen LogP contribution in [0.15, 0.2) is 42.5 Å². The van der Waals surface area contributed by atoms with Gasteiger partial charge in [0.2, 0.25) is 0 Å². The van der Waals surface area contributed by atoms with Crippen LogP contribution in [0.1, 0.15) is 51.8 Å². The Bertz CT molecular complexity index is 887. The van der Waals surface area contributed by atoms with Gasteiger partial charge in [0.1, 0.15) is 0 Å². The van der Waals surface area contributed by atoms with E-state index in [1.54, 1.807) is 0 Å². The standard InChI is InChI=1S/C23H27N3O2/c1-16-2-4-17(5-3-16)23(27)25-12-10-24(11-13-25)19-6-7-20-18-8-9-26(28)22(14-18)21(20)15-19/h2-7,15,18,22,28H,8-14H2,1H3. The number of nitrogens with zero attached hydrogens (tertiary/aromatic N) is 3. The molecule has 2 saturated heterocycles. The largest absolute Gasteiger partial charge is 0.368 e. The highest BCUT2D eigenvalue weighted by atomic mass is 16.5. The zero-order chi connectivity index (χ0) is 19.3. The molecule has 2 aliphatic heterocycles. The van der Waals surface area contributed by atoms with E-state index in [-0.39, 0.29) is 11.9 Å². The molecule has 0 aromatic heterocycles. The van der Waals surface area contributed by atoms with E-state index in [1.807, 2.05) is 36.1 Å². The predicted molar refractivity (Wildman–Crippen MR) is 109 cm³/mol. The van der Waals surface area contributed by atoms with Crippen molar-refractivity contribution in [1.82, 2.24) is 9.96 Å². The molecule has 146 valence electrons. The van der Waals surface area contributed by atoms with Crippen molar-refractivity contribution in [1.29, 1.82) is 0 Å². The van der Waals surface area contributed by atoms with Gasteiger partial charge in [0.25, 0.3) is 5.91 Å². The highest BCUT2D eigenvalue weighted by Gasteiger charge is 2.38. The Kier molecular flexibility index (Phi) is 4.37. The molecular formula is C23H27N3O2. The van der Waals surface area contributed by atoms with Crippen LogP contribution in [-0.2, 0) is 0 Å². The zero-order valence-corrected chi connectivity index (χ0v) is 16.3. The summed E-state index contributed by atoms with van der Waals surface area (Å²) in [4.78, 5) is 17.1. The molecule has 2 aromatic carbocycles. The average molecular weight is 377 g/mol. The summed E-state index contributed by atoms with van der Waals surface area (Å²) in [6, 6.07) is 14.7. The summed E-state index contributed by atoms with van der Waals surface area (Å²) in [5.74, 6) is 0.722. The van der Waals surface area contributed by atoms with Gasteiger partial charge in [-0.1, -0.05) is 23.8 Å². The fourth-order valence-electron chi connectivity index (χ4n) is 4.99. The number of aryl methyl sites for hydroxylation is 1. The third kappa shape index (κ3) is 2.99. The summed E-state index contributed by atoms with van der Waals surface area (Å²) in [7, 11) is 0. The van der Waals surface area contributed by atoms with Gasteiger partial charge in [-0.05, 0) is 61.1 Å². The first-order chi connectivity index (χ1) is 13.6. The van der Waals surface area contributed by atoms with Crippen LogP contribution >= 0.6 is 0 Å². The van der Waals surface area contributed by atoms with Gasteiger partial charge in [0.05, 0.1) is 6.04 Å². The van der Waals surface area contributed by atoms with Gasteiger partial charge >= 0.3 is 0 Å². The SMILES string of the molecule is Cc1ccc(C(=O)N2CCN(c3ccc4c(c3)C3CC4CCN3O)CC2)cc1. The molecule has 28 heavy (non-hydrogen) atoms. The van der Waals surface area contributed by atoms with Crippen LogP contribution in [0.25, 0.3) is 0 Å². The number of piperidine rings is 1. The molecule has 5 rings (SSSR count). The highest BCUT2D eigenvalue weighted by Crippen LogP contribution is 2.49. The van der Waals surface area contributed by atoms with E-state index in [0.29, 0.717) is 5.92 Å². The van der Waals surface area contributed by atoms with Gasteiger partial charge in [-0.15, -0.1) is 0 Å². The molecule has 5 heteroatoms. The van der Waals surface area contributed by atoms with Crippen molar-refractivity contribution in [2.75, 3.05) is 37.6 Å². The number of piperazine rings is 1. The lowest BCUT2D eigenvalue weighted by molar-refractivity contribution is -0.141. The maximum Gasteiger partial charge on any atom is 0.253 e. The average Bonchev–Trinajstić information content (AvgIpc) is 3.04. The van der Waals surface area contributed by atoms with Gasteiger partial charge in [0, 0.05) is 44.0 Å². The van der Waals surface area contributed by atoms with Crippen molar-refractivity contribution in [2.24, 2.45) is 0 Å². The maximum atomic E-state index is 12.7. The van der Waals surface area contributed by atoms with Crippen LogP contribution in [0.2, 0.25) is 0 Å². The molecule has 2 atom stereocenters. The zero-order valence-electron chi connectivity index (χ0n) is 16.3. The number of fused-ring (bicyclic) bond motifs is 5. The quantitative estimate of drug-likeness (QED) is 0.869. The van der Waals surface area contributed by atoms with Crippen LogP contribution < -0.4 is 4.90 Å². The fourth-order valence-corrected chi connectivity index (χ4v) is 4.99. The van der Waals surface area contributed by atoms with E-state index in [4.69, 9.17) is 0 Å². The van der Waals surface area contributed by atoms with Crippen molar-refractivity contribution >= 4 is 11.6 Å². The fraction of sp³-hybridized carbons (Fsp3) is 0.435. The van der Waals surface area contributed by atoms with Crippen LogP contribution in [0.5, 0.6) is 0 Å². The maximum absolute atomic E-state index is 12.7. The Morgan fingerprint density at radius 3 is 2.46 bits per heavy atom. The number of hydrogen-bond donors (Lipinski definition) is 1. The number of anilines is 1. The van der Waals surface area contributed by atoms with Crippen molar-refractivity contribution in [3.8, 4) is 0 Å². The third-order valence-electron chi connectivity index (χ3n) is 6.67. The molecule has 0 spiro atoms. The van der Waals surface area contributed by atoms with Crippen molar-refractivity contribution in [2.45, 2.75) is 31.7 Å². The lowest BCUT2D eigenvalue weighted by atomic mass is 9.96. The van der Waals surface area contributed by atoms with Gasteiger partial charge in [-0.2, -0.15) is 5.06 Å². The second-order valence-corrected chi connectivity index (χ2v) is 8.36. The smallest absolute Gasteiger partial charge is 0.253 e. The molecule has 2 bridgehead atoms. The first kappa shape index (κ1) is 17.7. The predicted octanol–water partition coefficient (Wildman–Crippen LogP) is 3.58. The van der Waals surface area contributed by atoms with Crippen LogP contribution in [0.3, 0.4) is 0 Å². The Morgan fingerprint density at radius 2 is 1.71 bits per heavy atom. The number of benzene rings is 2. The Hall–Kier alpha value is -2.37. The summed E-state index contributed by atoms with van der Waals surface area (Å²) in [6.07, 6.45) is 2.08. The van der Waals surface area contributed by atoms with Crippen molar-refractivity contribution in [3.63, 3.8) is 0 Å². The van der Waals surface area contributed by atoms with E-state index < -0.39 is 0 Å². The molecule has 2 heterocycles. The molecule has 1 amide bonds. The minimum absolute atomic E-state index is 0.123. The topological polar surface area (TPSA) is 47.0 Å². The van der Waals surface area contributed by atoms with Crippen LogP contribution in [0, 0.1) is 6.92 Å². The van der Waals surface area contributed by atoms with Crippen molar-refractivity contribution < 1.29 is 10.0 Å².